The van der Waals surface area contributed by atoms with Gasteiger partial charge in [0.2, 0.25) is 0 Å². The molecule has 0 saturated heterocycles. The number of aromatic nitrogens is 1. The molecule has 23 heavy (non-hydrogen) atoms. The molecule has 0 radical (unpaired) electrons. The van der Waals surface area contributed by atoms with Crippen molar-refractivity contribution in [3.63, 3.8) is 0 Å². The summed E-state index contributed by atoms with van der Waals surface area (Å²) in [5.41, 5.74) is 2.56. The van der Waals surface area contributed by atoms with Crippen LogP contribution in [-0.4, -0.2) is 15.7 Å². The molecule has 0 aliphatic carbocycles. The van der Waals surface area contributed by atoms with E-state index in [0.717, 1.165) is 11.6 Å². The Hall–Kier alpha value is -2.08. The Morgan fingerprint density at radius 3 is 2.74 bits per heavy atom. The second kappa shape index (κ2) is 7.97. The lowest BCUT2D eigenvalue weighted by molar-refractivity contribution is -0.124. The Morgan fingerprint density at radius 2 is 2.04 bits per heavy atom. The predicted octanol–water partition coefficient (Wildman–Crippen LogP) is 2.92. The molecule has 0 spiro atoms. The monoisotopic (exact) mass is 352 g/mol. The van der Waals surface area contributed by atoms with Crippen LogP contribution in [0.1, 0.15) is 11.1 Å². The number of halogens is 2. The Morgan fingerprint density at radius 1 is 1.26 bits per heavy atom. The number of rotatable bonds is 5. The van der Waals surface area contributed by atoms with Crippen LogP contribution in [0.25, 0.3) is 6.08 Å². The first-order valence-corrected chi connectivity index (χ1v) is 7.52. The standard InChI is InChI=1S/C16H14Cl2N2O3/c17-13-5-3-11(10-14(13)18)7-9-20-8-1-2-12(16(20)22)4-6-15(21)19-23/h1-6,8,10,23H,7,9H2,(H,19,21)/b6-4+. The van der Waals surface area contributed by atoms with Gasteiger partial charge in [0.1, 0.15) is 0 Å². The first-order valence-electron chi connectivity index (χ1n) is 6.77. The summed E-state index contributed by atoms with van der Waals surface area (Å²) in [6.07, 6.45) is 4.72. The number of hydrogen-bond donors (Lipinski definition) is 2. The van der Waals surface area contributed by atoms with Crippen LogP contribution >= 0.6 is 23.2 Å². The van der Waals surface area contributed by atoms with Gasteiger partial charge < -0.3 is 4.57 Å². The minimum absolute atomic E-state index is 0.227. The van der Waals surface area contributed by atoms with Crippen molar-refractivity contribution in [2.75, 3.05) is 0 Å². The van der Waals surface area contributed by atoms with Crippen molar-refractivity contribution in [3.05, 3.63) is 74.1 Å². The second-order valence-electron chi connectivity index (χ2n) is 4.77. The van der Waals surface area contributed by atoms with Gasteiger partial charge in [0.05, 0.1) is 10.0 Å². The van der Waals surface area contributed by atoms with E-state index in [1.54, 1.807) is 35.0 Å². The van der Waals surface area contributed by atoms with Crippen LogP contribution in [-0.2, 0) is 17.8 Å². The van der Waals surface area contributed by atoms with Crippen molar-refractivity contribution in [2.24, 2.45) is 0 Å². The molecule has 0 atom stereocenters. The Bertz CT molecular complexity index is 800. The van der Waals surface area contributed by atoms with Crippen LogP contribution in [0.3, 0.4) is 0 Å². The number of pyridine rings is 1. The molecule has 7 heteroatoms. The topological polar surface area (TPSA) is 71.3 Å². The fourth-order valence-electron chi connectivity index (χ4n) is 2.01. The summed E-state index contributed by atoms with van der Waals surface area (Å²) in [6.45, 7) is 0.463. The fourth-order valence-corrected chi connectivity index (χ4v) is 2.33. The van der Waals surface area contributed by atoms with E-state index in [4.69, 9.17) is 28.4 Å². The lowest BCUT2D eigenvalue weighted by Crippen LogP contribution is -2.22. The third kappa shape index (κ3) is 4.69. The first-order chi connectivity index (χ1) is 11.0. The molecule has 0 fully saturated rings. The molecule has 120 valence electrons. The summed E-state index contributed by atoms with van der Waals surface area (Å²) in [5.74, 6) is -0.699. The molecule has 1 amide bonds. The normalized spacial score (nSPS) is 10.9. The van der Waals surface area contributed by atoms with E-state index in [1.165, 1.54) is 11.6 Å². The maximum absolute atomic E-state index is 12.3. The maximum atomic E-state index is 12.3. The second-order valence-corrected chi connectivity index (χ2v) is 5.58. The van der Waals surface area contributed by atoms with Gasteiger partial charge in [-0.05, 0) is 42.3 Å². The number of hydroxylamine groups is 1. The quantitative estimate of drug-likeness (QED) is 0.493. The summed E-state index contributed by atoms with van der Waals surface area (Å²) in [7, 11) is 0. The highest BCUT2D eigenvalue weighted by molar-refractivity contribution is 6.42. The molecule has 1 heterocycles. The highest BCUT2D eigenvalue weighted by atomic mass is 35.5. The van der Waals surface area contributed by atoms with Crippen LogP contribution in [0.2, 0.25) is 10.0 Å². The van der Waals surface area contributed by atoms with Crippen LogP contribution in [0.4, 0.5) is 0 Å². The highest BCUT2D eigenvalue weighted by Crippen LogP contribution is 2.22. The molecule has 0 aliphatic rings. The molecule has 0 bridgehead atoms. The number of nitrogens with one attached hydrogen (secondary N) is 1. The number of aryl methyl sites for hydroxylation is 2. The summed E-state index contributed by atoms with van der Waals surface area (Å²) in [6, 6.07) is 8.65. The summed E-state index contributed by atoms with van der Waals surface area (Å²) in [5, 5.41) is 9.40. The average Bonchev–Trinajstić information content (AvgIpc) is 2.55. The molecular formula is C16H14Cl2N2O3. The van der Waals surface area contributed by atoms with E-state index in [-0.39, 0.29) is 5.56 Å². The lowest BCUT2D eigenvalue weighted by atomic mass is 10.1. The van der Waals surface area contributed by atoms with E-state index in [1.807, 2.05) is 6.07 Å². The molecule has 1 aromatic carbocycles. The molecule has 2 aromatic rings. The first kappa shape index (κ1) is 17.3. The van der Waals surface area contributed by atoms with Crippen molar-refractivity contribution in [2.45, 2.75) is 13.0 Å². The van der Waals surface area contributed by atoms with Crippen molar-refractivity contribution in [3.8, 4) is 0 Å². The Labute approximate surface area is 142 Å². The van der Waals surface area contributed by atoms with Gasteiger partial charge in [0.25, 0.3) is 11.5 Å². The van der Waals surface area contributed by atoms with E-state index < -0.39 is 5.91 Å². The van der Waals surface area contributed by atoms with E-state index in [9.17, 15) is 9.59 Å². The molecular weight excluding hydrogens is 339 g/mol. The van der Waals surface area contributed by atoms with Crippen LogP contribution < -0.4 is 11.0 Å². The molecule has 0 unspecified atom stereocenters. The third-order valence-electron chi connectivity index (χ3n) is 3.20. The Balaban J connectivity index is 2.14. The van der Waals surface area contributed by atoms with Crippen LogP contribution in [0.15, 0.2) is 47.4 Å². The summed E-state index contributed by atoms with van der Waals surface area (Å²) in [4.78, 5) is 23.3. The number of nitrogens with zero attached hydrogens (tertiary/aromatic N) is 1. The number of hydrogen-bond acceptors (Lipinski definition) is 3. The van der Waals surface area contributed by atoms with Gasteiger partial charge in [0, 0.05) is 24.4 Å². The van der Waals surface area contributed by atoms with Crippen LogP contribution in [0, 0.1) is 0 Å². The van der Waals surface area contributed by atoms with E-state index >= 15 is 0 Å². The zero-order valence-electron chi connectivity index (χ0n) is 12.0. The molecule has 2 rings (SSSR count). The highest BCUT2D eigenvalue weighted by Gasteiger charge is 2.03. The van der Waals surface area contributed by atoms with Crippen molar-refractivity contribution >= 4 is 35.2 Å². The zero-order valence-corrected chi connectivity index (χ0v) is 13.5. The zero-order chi connectivity index (χ0) is 16.8. The van der Waals surface area contributed by atoms with E-state index in [2.05, 4.69) is 0 Å². The lowest BCUT2D eigenvalue weighted by Gasteiger charge is -2.07. The number of carbonyl (C=O) groups excluding carboxylic acids is 1. The SMILES string of the molecule is O=C(/C=C/c1cccn(CCc2ccc(Cl)c(Cl)c2)c1=O)NO. The van der Waals surface area contributed by atoms with E-state index in [0.29, 0.717) is 28.6 Å². The predicted molar refractivity (Wildman–Crippen MR) is 89.8 cm³/mol. The van der Waals surface area contributed by atoms with Crippen molar-refractivity contribution < 1.29 is 10.0 Å². The average molecular weight is 353 g/mol. The molecule has 0 aliphatic heterocycles. The third-order valence-corrected chi connectivity index (χ3v) is 3.94. The van der Waals surface area contributed by atoms with Gasteiger partial charge in [-0.1, -0.05) is 29.3 Å². The summed E-state index contributed by atoms with van der Waals surface area (Å²) >= 11 is 11.8. The largest absolute Gasteiger partial charge is 0.315 e. The van der Waals surface area contributed by atoms with Gasteiger partial charge in [0.15, 0.2) is 0 Å². The molecule has 5 nitrogen and oxygen atoms in total. The smallest absolute Gasteiger partial charge is 0.267 e. The van der Waals surface area contributed by atoms with Gasteiger partial charge in [-0.15, -0.1) is 0 Å². The van der Waals surface area contributed by atoms with Crippen molar-refractivity contribution in [1.29, 1.82) is 0 Å². The minimum Gasteiger partial charge on any atom is -0.315 e. The summed E-state index contributed by atoms with van der Waals surface area (Å²) < 4.78 is 1.54. The number of benzene rings is 1. The van der Waals surface area contributed by atoms with Crippen LogP contribution in [0.5, 0.6) is 0 Å². The van der Waals surface area contributed by atoms with Gasteiger partial charge in [-0.25, -0.2) is 5.48 Å². The van der Waals surface area contributed by atoms with Gasteiger partial charge >= 0.3 is 0 Å². The van der Waals surface area contributed by atoms with Crippen molar-refractivity contribution in [1.82, 2.24) is 10.0 Å². The van der Waals surface area contributed by atoms with Gasteiger partial charge in [-0.3, -0.25) is 14.8 Å². The fraction of sp³-hybridized carbons (Fsp3) is 0.125. The van der Waals surface area contributed by atoms with Gasteiger partial charge in [-0.2, -0.15) is 0 Å². The molecule has 0 saturated carbocycles. The Kier molecular flexibility index (Phi) is 5.98. The molecule has 2 N–H and O–H groups in total. The minimum atomic E-state index is -0.699. The number of carbonyl (C=O) groups is 1. The molecule has 1 aromatic heterocycles. The number of amides is 1. The maximum Gasteiger partial charge on any atom is 0.267 e.